The van der Waals surface area contributed by atoms with Gasteiger partial charge in [0, 0.05) is 35.3 Å². The number of carbonyl (C=O) groups is 2. The van der Waals surface area contributed by atoms with E-state index in [1.165, 1.54) is 30.5 Å². The zero-order valence-electron chi connectivity index (χ0n) is 15.9. The summed E-state index contributed by atoms with van der Waals surface area (Å²) in [6.07, 6.45) is 5.25. The van der Waals surface area contributed by atoms with Crippen molar-refractivity contribution in [2.75, 3.05) is 5.32 Å². The Balaban J connectivity index is 1.59. The molecule has 0 aliphatic rings. The Labute approximate surface area is 172 Å². The second kappa shape index (κ2) is 8.57. The molecule has 0 spiro atoms. The fourth-order valence-electron chi connectivity index (χ4n) is 3.24. The zero-order valence-corrected chi connectivity index (χ0v) is 15.9. The molecule has 2 aromatic carbocycles. The second-order valence-corrected chi connectivity index (χ2v) is 6.83. The predicted octanol–water partition coefficient (Wildman–Crippen LogP) is 3.68. The quantitative estimate of drug-likeness (QED) is 0.460. The molecule has 0 saturated carbocycles. The van der Waals surface area contributed by atoms with Crippen LogP contribution >= 0.6 is 0 Å². The first-order valence-electron chi connectivity index (χ1n) is 9.42. The Morgan fingerprint density at radius 3 is 2.60 bits per heavy atom. The first-order chi connectivity index (χ1) is 14.6. The van der Waals surface area contributed by atoms with E-state index in [1.807, 2.05) is 30.5 Å². The minimum atomic E-state index is -0.845. The van der Waals surface area contributed by atoms with Crippen molar-refractivity contribution in [3.8, 4) is 0 Å². The van der Waals surface area contributed by atoms with Gasteiger partial charge < -0.3 is 15.6 Å². The van der Waals surface area contributed by atoms with Crippen molar-refractivity contribution in [2.45, 2.75) is 12.5 Å². The van der Waals surface area contributed by atoms with E-state index in [-0.39, 0.29) is 17.9 Å². The number of H-pyrrole nitrogens is 1. The van der Waals surface area contributed by atoms with Gasteiger partial charge in [-0.2, -0.15) is 0 Å². The van der Waals surface area contributed by atoms with E-state index in [9.17, 15) is 14.0 Å². The lowest BCUT2D eigenvalue weighted by atomic mass is 10.0. The third-order valence-electron chi connectivity index (χ3n) is 4.76. The van der Waals surface area contributed by atoms with E-state index in [1.54, 1.807) is 18.3 Å². The van der Waals surface area contributed by atoms with Crippen molar-refractivity contribution < 1.29 is 14.0 Å². The van der Waals surface area contributed by atoms with Crippen molar-refractivity contribution >= 4 is 28.4 Å². The Kier molecular flexibility index (Phi) is 5.52. The lowest BCUT2D eigenvalue weighted by Gasteiger charge is -2.18. The summed E-state index contributed by atoms with van der Waals surface area (Å²) in [6, 6.07) is 15.5. The van der Waals surface area contributed by atoms with E-state index >= 15 is 0 Å². The average Bonchev–Trinajstić information content (AvgIpc) is 3.17. The Morgan fingerprint density at radius 2 is 1.83 bits per heavy atom. The molecule has 3 N–H and O–H groups in total. The summed E-state index contributed by atoms with van der Waals surface area (Å²) in [7, 11) is 0. The van der Waals surface area contributed by atoms with E-state index in [4.69, 9.17) is 0 Å². The van der Waals surface area contributed by atoms with Crippen LogP contribution in [0, 0.1) is 5.82 Å². The molecule has 2 amide bonds. The third kappa shape index (κ3) is 4.35. The summed E-state index contributed by atoms with van der Waals surface area (Å²) in [4.78, 5) is 32.8. The number of aromatic amines is 1. The molecule has 30 heavy (non-hydrogen) atoms. The van der Waals surface area contributed by atoms with Crippen LogP contribution < -0.4 is 10.6 Å². The van der Waals surface area contributed by atoms with Gasteiger partial charge in [0.25, 0.3) is 5.91 Å². The van der Waals surface area contributed by atoms with Crippen LogP contribution in [0.4, 0.5) is 10.1 Å². The lowest BCUT2D eigenvalue weighted by molar-refractivity contribution is -0.118. The molecule has 2 heterocycles. The maximum atomic E-state index is 13.2. The minimum absolute atomic E-state index is 0.273. The molecule has 7 heteroatoms. The highest BCUT2D eigenvalue weighted by Gasteiger charge is 2.23. The van der Waals surface area contributed by atoms with Gasteiger partial charge in [-0.1, -0.05) is 18.2 Å². The molecule has 0 aliphatic carbocycles. The van der Waals surface area contributed by atoms with E-state index in [0.717, 1.165) is 16.5 Å². The van der Waals surface area contributed by atoms with Gasteiger partial charge in [0.2, 0.25) is 5.91 Å². The van der Waals surface area contributed by atoms with Crippen LogP contribution in [0.1, 0.15) is 15.9 Å². The third-order valence-corrected chi connectivity index (χ3v) is 4.76. The number of hydrogen-bond donors (Lipinski definition) is 3. The molecule has 0 fully saturated rings. The molecule has 0 bridgehead atoms. The molecular formula is C23H19FN4O2. The van der Waals surface area contributed by atoms with E-state index < -0.39 is 17.8 Å². The standard InChI is InChI=1S/C23H19FN4O2/c24-17-9-7-15(8-10-17)22(29)28-21(23(30)27-18-4-3-11-25-14-18)12-16-13-26-20-6-2-1-5-19(16)20/h1-11,13-14,21,26H,12H2,(H,27,30)(H,28,29)/t21-/m0/s1. The Hall–Kier alpha value is -4.00. The van der Waals surface area contributed by atoms with Crippen molar-refractivity contribution in [1.82, 2.24) is 15.3 Å². The number of nitrogens with one attached hydrogen (secondary N) is 3. The molecule has 150 valence electrons. The normalized spacial score (nSPS) is 11.8. The summed E-state index contributed by atoms with van der Waals surface area (Å²) in [6.45, 7) is 0. The highest BCUT2D eigenvalue weighted by Crippen LogP contribution is 2.20. The number of benzene rings is 2. The number of rotatable bonds is 6. The SMILES string of the molecule is O=C(N[C@@H](Cc1c[nH]c2ccccc12)C(=O)Nc1cccnc1)c1ccc(F)cc1. The number of amides is 2. The van der Waals surface area contributed by atoms with Gasteiger partial charge in [0.05, 0.1) is 11.9 Å². The highest BCUT2D eigenvalue weighted by atomic mass is 19.1. The van der Waals surface area contributed by atoms with Gasteiger partial charge in [-0.25, -0.2) is 4.39 Å². The number of carbonyl (C=O) groups excluding carboxylic acids is 2. The van der Waals surface area contributed by atoms with Crippen molar-refractivity contribution in [3.63, 3.8) is 0 Å². The van der Waals surface area contributed by atoms with Crippen LogP contribution in [-0.4, -0.2) is 27.8 Å². The van der Waals surface area contributed by atoms with Gasteiger partial charge in [-0.3, -0.25) is 14.6 Å². The van der Waals surface area contributed by atoms with Crippen molar-refractivity contribution in [3.05, 3.63) is 96.2 Å². The fourth-order valence-corrected chi connectivity index (χ4v) is 3.24. The number of para-hydroxylation sites is 1. The molecule has 1 atom stereocenters. The maximum Gasteiger partial charge on any atom is 0.251 e. The summed E-state index contributed by atoms with van der Waals surface area (Å²) < 4.78 is 13.2. The molecule has 0 saturated heterocycles. The monoisotopic (exact) mass is 402 g/mol. The lowest BCUT2D eigenvalue weighted by Crippen LogP contribution is -2.45. The van der Waals surface area contributed by atoms with E-state index in [2.05, 4.69) is 20.6 Å². The molecule has 6 nitrogen and oxygen atoms in total. The number of nitrogens with zero attached hydrogens (tertiary/aromatic N) is 1. The smallest absolute Gasteiger partial charge is 0.251 e. The summed E-state index contributed by atoms with van der Waals surface area (Å²) in [5.74, 6) is -1.26. The van der Waals surface area contributed by atoms with Gasteiger partial charge >= 0.3 is 0 Å². The van der Waals surface area contributed by atoms with Gasteiger partial charge in [-0.15, -0.1) is 0 Å². The number of halogens is 1. The predicted molar refractivity (Wildman–Crippen MR) is 113 cm³/mol. The zero-order chi connectivity index (χ0) is 20.9. The topological polar surface area (TPSA) is 86.9 Å². The fraction of sp³-hybridized carbons (Fsp3) is 0.0870. The number of fused-ring (bicyclic) bond motifs is 1. The molecule has 0 aliphatic heterocycles. The first-order valence-corrected chi connectivity index (χ1v) is 9.42. The second-order valence-electron chi connectivity index (χ2n) is 6.83. The summed E-state index contributed by atoms with van der Waals surface area (Å²) in [5, 5.41) is 6.53. The van der Waals surface area contributed by atoms with Crippen LogP contribution in [0.15, 0.2) is 79.3 Å². The minimum Gasteiger partial charge on any atom is -0.361 e. The number of hydrogen-bond acceptors (Lipinski definition) is 3. The molecule has 2 aromatic heterocycles. The van der Waals surface area contributed by atoms with Crippen molar-refractivity contribution in [1.29, 1.82) is 0 Å². The van der Waals surface area contributed by atoms with Gasteiger partial charge in [-0.05, 0) is 48.0 Å². The van der Waals surface area contributed by atoms with E-state index in [0.29, 0.717) is 5.69 Å². The largest absolute Gasteiger partial charge is 0.361 e. The van der Waals surface area contributed by atoms with Crippen LogP contribution in [0.3, 0.4) is 0 Å². The van der Waals surface area contributed by atoms with Gasteiger partial charge in [0.15, 0.2) is 0 Å². The first kappa shape index (κ1) is 19.3. The number of pyridine rings is 1. The van der Waals surface area contributed by atoms with Crippen LogP contribution in [0.25, 0.3) is 10.9 Å². The summed E-state index contributed by atoms with van der Waals surface area (Å²) in [5.41, 5.74) is 2.65. The molecule has 0 radical (unpaired) electrons. The van der Waals surface area contributed by atoms with Gasteiger partial charge in [0.1, 0.15) is 11.9 Å². The average molecular weight is 402 g/mol. The molecule has 0 unspecified atom stereocenters. The van der Waals surface area contributed by atoms with Crippen LogP contribution in [0.5, 0.6) is 0 Å². The molecule has 4 aromatic rings. The van der Waals surface area contributed by atoms with Crippen molar-refractivity contribution in [2.24, 2.45) is 0 Å². The maximum absolute atomic E-state index is 13.2. The molecule has 4 rings (SSSR count). The molecular weight excluding hydrogens is 383 g/mol. The Bertz CT molecular complexity index is 1170. The summed E-state index contributed by atoms with van der Waals surface area (Å²) >= 11 is 0. The van der Waals surface area contributed by atoms with Crippen LogP contribution in [0.2, 0.25) is 0 Å². The van der Waals surface area contributed by atoms with Crippen LogP contribution in [-0.2, 0) is 11.2 Å². The highest BCUT2D eigenvalue weighted by molar-refractivity contribution is 6.01. The number of anilines is 1. The Morgan fingerprint density at radius 1 is 1.03 bits per heavy atom. The number of aromatic nitrogens is 2.